The number of nitrogens with zero attached hydrogens (tertiary/aromatic N) is 1. The number of halogens is 1. The zero-order valence-corrected chi connectivity index (χ0v) is 13.5. The standard InChI is InChI=1S/C15H24BrNO/c1-12(2)17(9-5-8-16)11-14-10-13(3)6-7-15(14)18-4/h6-7,10,12H,5,8-9,11H2,1-4H3. The van der Waals surface area contributed by atoms with Crippen LogP contribution in [0, 0.1) is 6.92 Å². The fourth-order valence-electron chi connectivity index (χ4n) is 2.03. The van der Waals surface area contributed by atoms with E-state index in [0.717, 1.165) is 24.2 Å². The summed E-state index contributed by atoms with van der Waals surface area (Å²) in [5.74, 6) is 0.991. The van der Waals surface area contributed by atoms with Crippen LogP contribution in [-0.2, 0) is 6.54 Å². The molecule has 1 aromatic rings. The molecule has 1 rings (SSSR count). The Hall–Kier alpha value is -0.540. The van der Waals surface area contributed by atoms with Crippen molar-refractivity contribution in [3.05, 3.63) is 29.3 Å². The van der Waals surface area contributed by atoms with Gasteiger partial charge < -0.3 is 4.74 Å². The summed E-state index contributed by atoms with van der Waals surface area (Å²) in [5, 5.41) is 1.06. The summed E-state index contributed by atoms with van der Waals surface area (Å²) < 4.78 is 5.45. The van der Waals surface area contributed by atoms with Crippen LogP contribution in [0.2, 0.25) is 0 Å². The van der Waals surface area contributed by atoms with Gasteiger partial charge in [0.05, 0.1) is 7.11 Å². The lowest BCUT2D eigenvalue weighted by atomic mass is 10.1. The van der Waals surface area contributed by atoms with Crippen molar-refractivity contribution in [2.45, 2.75) is 39.8 Å². The van der Waals surface area contributed by atoms with Gasteiger partial charge in [-0.25, -0.2) is 0 Å². The van der Waals surface area contributed by atoms with Gasteiger partial charge in [-0.15, -0.1) is 0 Å². The van der Waals surface area contributed by atoms with Gasteiger partial charge in [-0.2, -0.15) is 0 Å². The van der Waals surface area contributed by atoms with Crippen LogP contribution in [0.15, 0.2) is 18.2 Å². The quantitative estimate of drug-likeness (QED) is 0.705. The number of methoxy groups -OCH3 is 1. The highest BCUT2D eigenvalue weighted by atomic mass is 79.9. The summed E-state index contributed by atoms with van der Waals surface area (Å²) in [6, 6.07) is 6.94. The maximum atomic E-state index is 5.45. The van der Waals surface area contributed by atoms with Gasteiger partial charge in [0.15, 0.2) is 0 Å². The van der Waals surface area contributed by atoms with Crippen molar-refractivity contribution >= 4 is 15.9 Å². The molecule has 0 saturated carbocycles. The van der Waals surface area contributed by atoms with E-state index in [2.05, 4.69) is 59.8 Å². The molecule has 1 aromatic carbocycles. The van der Waals surface area contributed by atoms with Crippen molar-refractivity contribution in [3.63, 3.8) is 0 Å². The molecule has 0 spiro atoms. The van der Waals surface area contributed by atoms with Crippen molar-refractivity contribution < 1.29 is 4.74 Å². The number of alkyl halides is 1. The predicted octanol–water partition coefficient (Wildman–Crippen LogP) is 4.00. The smallest absolute Gasteiger partial charge is 0.123 e. The lowest BCUT2D eigenvalue weighted by molar-refractivity contribution is 0.211. The van der Waals surface area contributed by atoms with Crippen LogP contribution >= 0.6 is 15.9 Å². The third kappa shape index (κ3) is 4.62. The van der Waals surface area contributed by atoms with E-state index in [0.29, 0.717) is 6.04 Å². The first kappa shape index (κ1) is 15.5. The third-order valence-electron chi connectivity index (χ3n) is 3.12. The maximum Gasteiger partial charge on any atom is 0.123 e. The van der Waals surface area contributed by atoms with E-state index < -0.39 is 0 Å². The Morgan fingerprint density at radius 2 is 2.06 bits per heavy atom. The first-order valence-corrected chi connectivity index (χ1v) is 7.64. The van der Waals surface area contributed by atoms with Gasteiger partial charge in [-0.1, -0.05) is 33.6 Å². The molecule has 3 heteroatoms. The largest absolute Gasteiger partial charge is 0.496 e. The Labute approximate surface area is 119 Å². The van der Waals surface area contributed by atoms with Crippen LogP contribution in [-0.4, -0.2) is 29.9 Å². The van der Waals surface area contributed by atoms with E-state index >= 15 is 0 Å². The van der Waals surface area contributed by atoms with Crippen LogP contribution in [0.4, 0.5) is 0 Å². The van der Waals surface area contributed by atoms with Crippen LogP contribution in [0.1, 0.15) is 31.4 Å². The van der Waals surface area contributed by atoms with Crippen LogP contribution in [0.5, 0.6) is 5.75 Å². The number of hydrogen-bond acceptors (Lipinski definition) is 2. The summed E-state index contributed by atoms with van der Waals surface area (Å²) in [7, 11) is 1.74. The average molecular weight is 314 g/mol. The first-order valence-electron chi connectivity index (χ1n) is 6.52. The number of benzene rings is 1. The van der Waals surface area contributed by atoms with Gasteiger partial charge in [-0.3, -0.25) is 4.90 Å². The molecule has 18 heavy (non-hydrogen) atoms. The molecular weight excluding hydrogens is 290 g/mol. The molecule has 0 aromatic heterocycles. The van der Waals surface area contributed by atoms with Crippen molar-refractivity contribution in [2.24, 2.45) is 0 Å². The molecule has 0 aliphatic rings. The molecule has 0 amide bonds. The highest BCUT2D eigenvalue weighted by Gasteiger charge is 2.12. The number of aryl methyl sites for hydroxylation is 1. The predicted molar refractivity (Wildman–Crippen MR) is 81.7 cm³/mol. The van der Waals surface area contributed by atoms with E-state index in [1.54, 1.807) is 7.11 Å². The van der Waals surface area contributed by atoms with Gasteiger partial charge >= 0.3 is 0 Å². The average Bonchev–Trinajstić information content (AvgIpc) is 2.34. The van der Waals surface area contributed by atoms with Crippen LogP contribution < -0.4 is 4.74 Å². The van der Waals surface area contributed by atoms with Gasteiger partial charge in [0.2, 0.25) is 0 Å². The lowest BCUT2D eigenvalue weighted by Gasteiger charge is -2.27. The Balaban J connectivity index is 2.81. The summed E-state index contributed by atoms with van der Waals surface area (Å²) in [4.78, 5) is 2.48. The fourth-order valence-corrected chi connectivity index (χ4v) is 2.28. The zero-order valence-electron chi connectivity index (χ0n) is 11.9. The van der Waals surface area contributed by atoms with Gasteiger partial charge in [-0.05, 0) is 39.8 Å². The molecule has 0 unspecified atom stereocenters. The van der Waals surface area contributed by atoms with E-state index in [-0.39, 0.29) is 0 Å². The summed E-state index contributed by atoms with van der Waals surface area (Å²) in [6.45, 7) is 8.68. The SMILES string of the molecule is COc1ccc(C)cc1CN(CCCBr)C(C)C. The maximum absolute atomic E-state index is 5.45. The zero-order chi connectivity index (χ0) is 13.5. The molecule has 0 bridgehead atoms. The molecule has 0 heterocycles. The van der Waals surface area contributed by atoms with Crippen LogP contribution in [0.25, 0.3) is 0 Å². The third-order valence-corrected chi connectivity index (χ3v) is 3.68. The van der Waals surface area contributed by atoms with Gasteiger partial charge in [0.25, 0.3) is 0 Å². The minimum Gasteiger partial charge on any atom is -0.496 e. The van der Waals surface area contributed by atoms with Gasteiger partial charge in [0.1, 0.15) is 5.75 Å². The second-order valence-electron chi connectivity index (χ2n) is 4.92. The fraction of sp³-hybridized carbons (Fsp3) is 0.600. The van der Waals surface area contributed by atoms with Crippen molar-refractivity contribution in [3.8, 4) is 5.75 Å². The van der Waals surface area contributed by atoms with Crippen molar-refractivity contribution in [1.82, 2.24) is 4.90 Å². The number of rotatable bonds is 7. The molecule has 0 radical (unpaired) electrons. The number of hydrogen-bond donors (Lipinski definition) is 0. The lowest BCUT2D eigenvalue weighted by Crippen LogP contribution is -2.31. The Morgan fingerprint density at radius 1 is 1.33 bits per heavy atom. The molecule has 0 aliphatic heterocycles. The van der Waals surface area contributed by atoms with Gasteiger partial charge in [0, 0.05) is 23.5 Å². The Bertz CT molecular complexity index is 366. The molecule has 0 fully saturated rings. The highest BCUT2D eigenvalue weighted by Crippen LogP contribution is 2.22. The molecule has 0 saturated heterocycles. The second-order valence-corrected chi connectivity index (χ2v) is 5.72. The molecule has 102 valence electrons. The minimum atomic E-state index is 0.550. The molecule has 2 nitrogen and oxygen atoms in total. The minimum absolute atomic E-state index is 0.550. The summed E-state index contributed by atoms with van der Waals surface area (Å²) in [6.07, 6.45) is 1.17. The summed E-state index contributed by atoms with van der Waals surface area (Å²) in [5.41, 5.74) is 2.57. The Morgan fingerprint density at radius 3 is 2.61 bits per heavy atom. The molecule has 0 N–H and O–H groups in total. The topological polar surface area (TPSA) is 12.5 Å². The molecule has 0 atom stereocenters. The number of ether oxygens (including phenoxy) is 1. The molecular formula is C15H24BrNO. The monoisotopic (exact) mass is 313 g/mol. The Kier molecular flexibility index (Phi) is 6.72. The molecule has 0 aliphatic carbocycles. The van der Waals surface area contributed by atoms with E-state index in [9.17, 15) is 0 Å². The summed E-state index contributed by atoms with van der Waals surface area (Å²) >= 11 is 3.50. The second kappa shape index (κ2) is 7.80. The van der Waals surface area contributed by atoms with Crippen LogP contribution in [0.3, 0.4) is 0 Å². The van der Waals surface area contributed by atoms with E-state index in [1.165, 1.54) is 17.5 Å². The highest BCUT2D eigenvalue weighted by molar-refractivity contribution is 9.09. The van der Waals surface area contributed by atoms with Crippen molar-refractivity contribution in [2.75, 3.05) is 19.0 Å². The van der Waals surface area contributed by atoms with E-state index in [1.807, 2.05) is 0 Å². The van der Waals surface area contributed by atoms with E-state index in [4.69, 9.17) is 4.74 Å². The first-order chi connectivity index (χ1) is 8.58. The normalized spacial score (nSPS) is 11.3. The van der Waals surface area contributed by atoms with Crippen molar-refractivity contribution in [1.29, 1.82) is 0 Å².